The summed E-state index contributed by atoms with van der Waals surface area (Å²) in [4.78, 5) is 45.6. The number of nitrogens with zero attached hydrogens (tertiary/aromatic N) is 1. The second-order valence-corrected chi connectivity index (χ2v) is 4.62. The summed E-state index contributed by atoms with van der Waals surface area (Å²) in [6.07, 6.45) is 0.0675. The number of aliphatic carboxylic acids is 2. The second kappa shape index (κ2) is 6.73. The number of carboxylic acid groups (broad SMARTS) is 2. The first-order chi connectivity index (χ1) is 9.29. The molecule has 0 saturated carbocycles. The number of likely N-dealkylation sites (tertiary alicyclic amines) is 1. The summed E-state index contributed by atoms with van der Waals surface area (Å²) < 4.78 is 0. The van der Waals surface area contributed by atoms with Gasteiger partial charge in [0.15, 0.2) is 0 Å². The number of urea groups is 1. The van der Waals surface area contributed by atoms with Gasteiger partial charge in [0.25, 0.3) is 0 Å². The molecule has 1 aliphatic heterocycles. The molecule has 0 aromatic heterocycles. The molecule has 20 heavy (non-hydrogen) atoms. The molecule has 0 aliphatic carbocycles. The molecule has 0 aromatic rings. The van der Waals surface area contributed by atoms with Crippen LogP contribution in [0.25, 0.3) is 0 Å². The molecule has 1 unspecified atom stereocenters. The van der Waals surface area contributed by atoms with Crippen LogP contribution in [0.15, 0.2) is 0 Å². The minimum absolute atomic E-state index is 0.0160. The highest BCUT2D eigenvalue weighted by atomic mass is 16.4. The second-order valence-electron chi connectivity index (χ2n) is 4.62. The van der Waals surface area contributed by atoms with E-state index in [1.165, 1.54) is 4.90 Å². The summed E-state index contributed by atoms with van der Waals surface area (Å²) in [6, 6.07) is -2.53. The monoisotopic (exact) mass is 287 g/mol. The van der Waals surface area contributed by atoms with Crippen LogP contribution in [-0.2, 0) is 14.4 Å². The van der Waals surface area contributed by atoms with Crippen LogP contribution in [0.4, 0.5) is 4.79 Å². The van der Waals surface area contributed by atoms with Crippen molar-refractivity contribution in [2.24, 2.45) is 0 Å². The van der Waals surface area contributed by atoms with Crippen LogP contribution in [0, 0.1) is 0 Å². The largest absolute Gasteiger partial charge is 0.481 e. The van der Waals surface area contributed by atoms with Gasteiger partial charge in [-0.3, -0.25) is 9.59 Å². The molecule has 0 radical (unpaired) electrons. The highest BCUT2D eigenvalue weighted by molar-refractivity contribution is 5.86. The van der Waals surface area contributed by atoms with Gasteiger partial charge < -0.3 is 25.7 Å². The van der Waals surface area contributed by atoms with Crippen molar-refractivity contribution in [2.75, 3.05) is 13.6 Å². The molecule has 1 saturated heterocycles. The molecule has 1 fully saturated rings. The molecule has 0 spiro atoms. The standard InChI is InChI=1S/C11H17N3O6/c1-14-5-6(2-3-8(14)15)12-11(20)13-7(10(18)19)4-9(16)17/h6-7H,2-5H2,1H3,(H,16,17)(H,18,19)(H2,12,13,20)/t6?,7-/m0/s1. The summed E-state index contributed by atoms with van der Waals surface area (Å²) in [7, 11) is 1.61. The van der Waals surface area contributed by atoms with E-state index in [4.69, 9.17) is 10.2 Å². The van der Waals surface area contributed by atoms with Crippen LogP contribution < -0.4 is 10.6 Å². The van der Waals surface area contributed by atoms with Gasteiger partial charge in [0.1, 0.15) is 6.04 Å². The molecule has 0 aromatic carbocycles. The predicted octanol–water partition coefficient (Wildman–Crippen LogP) is -1.17. The maximum absolute atomic E-state index is 11.6. The maximum atomic E-state index is 11.6. The Morgan fingerprint density at radius 3 is 2.55 bits per heavy atom. The third-order valence-electron chi connectivity index (χ3n) is 2.94. The Kier molecular flexibility index (Phi) is 5.30. The van der Waals surface area contributed by atoms with Crippen molar-refractivity contribution in [3.8, 4) is 0 Å². The average molecular weight is 287 g/mol. The molecule has 9 nitrogen and oxygen atoms in total. The molecule has 4 N–H and O–H groups in total. The van der Waals surface area contributed by atoms with Crippen molar-refractivity contribution in [2.45, 2.75) is 31.3 Å². The zero-order chi connectivity index (χ0) is 15.3. The van der Waals surface area contributed by atoms with Crippen molar-refractivity contribution in [3.63, 3.8) is 0 Å². The van der Waals surface area contributed by atoms with Gasteiger partial charge in [-0.2, -0.15) is 0 Å². The van der Waals surface area contributed by atoms with Crippen LogP contribution in [0.1, 0.15) is 19.3 Å². The summed E-state index contributed by atoms with van der Waals surface area (Å²) in [5.41, 5.74) is 0. The fraction of sp³-hybridized carbons (Fsp3) is 0.636. The Hall–Kier alpha value is -2.32. The molecule has 1 aliphatic rings. The third kappa shape index (κ3) is 4.75. The van der Waals surface area contributed by atoms with E-state index in [0.29, 0.717) is 19.4 Å². The lowest BCUT2D eigenvalue weighted by Crippen LogP contribution is -2.54. The van der Waals surface area contributed by atoms with E-state index in [2.05, 4.69) is 10.6 Å². The molecule has 3 amide bonds. The first-order valence-corrected chi connectivity index (χ1v) is 6.05. The van der Waals surface area contributed by atoms with Gasteiger partial charge in [0.2, 0.25) is 5.91 Å². The minimum Gasteiger partial charge on any atom is -0.481 e. The van der Waals surface area contributed by atoms with Crippen molar-refractivity contribution in [1.29, 1.82) is 0 Å². The molecule has 0 bridgehead atoms. The Bertz CT molecular complexity index is 424. The summed E-state index contributed by atoms with van der Waals surface area (Å²) in [6.45, 7) is 0.336. The first kappa shape index (κ1) is 15.7. The van der Waals surface area contributed by atoms with Crippen molar-refractivity contribution >= 4 is 23.9 Å². The van der Waals surface area contributed by atoms with E-state index in [9.17, 15) is 19.2 Å². The highest BCUT2D eigenvalue weighted by Gasteiger charge is 2.27. The Morgan fingerprint density at radius 2 is 2.05 bits per heavy atom. The third-order valence-corrected chi connectivity index (χ3v) is 2.94. The average Bonchev–Trinajstić information content (AvgIpc) is 2.32. The van der Waals surface area contributed by atoms with E-state index in [0.717, 1.165) is 0 Å². The van der Waals surface area contributed by atoms with Gasteiger partial charge in [-0.05, 0) is 6.42 Å². The molecule has 2 atom stereocenters. The maximum Gasteiger partial charge on any atom is 0.326 e. The van der Waals surface area contributed by atoms with Crippen molar-refractivity contribution < 1.29 is 29.4 Å². The fourth-order valence-corrected chi connectivity index (χ4v) is 1.89. The lowest BCUT2D eigenvalue weighted by molar-refractivity contribution is -0.145. The molecular weight excluding hydrogens is 270 g/mol. The van der Waals surface area contributed by atoms with Gasteiger partial charge in [0.05, 0.1) is 6.42 Å². The number of hydrogen-bond donors (Lipinski definition) is 4. The molecule has 112 valence electrons. The zero-order valence-corrected chi connectivity index (χ0v) is 11.0. The minimum atomic E-state index is -1.49. The SMILES string of the molecule is CN1CC(NC(=O)N[C@@H](CC(=O)O)C(=O)O)CCC1=O. The summed E-state index contributed by atoms with van der Waals surface area (Å²) in [5, 5.41) is 22.0. The number of amides is 3. The lowest BCUT2D eigenvalue weighted by Gasteiger charge is -2.30. The highest BCUT2D eigenvalue weighted by Crippen LogP contribution is 2.09. The van der Waals surface area contributed by atoms with E-state index in [1.807, 2.05) is 0 Å². The van der Waals surface area contributed by atoms with E-state index in [-0.39, 0.29) is 11.9 Å². The normalized spacial score (nSPS) is 20.1. The quantitative estimate of drug-likeness (QED) is 0.503. The summed E-state index contributed by atoms with van der Waals surface area (Å²) >= 11 is 0. The van der Waals surface area contributed by atoms with E-state index >= 15 is 0 Å². The van der Waals surface area contributed by atoms with Gasteiger partial charge >= 0.3 is 18.0 Å². The first-order valence-electron chi connectivity index (χ1n) is 6.05. The van der Waals surface area contributed by atoms with Crippen molar-refractivity contribution in [1.82, 2.24) is 15.5 Å². The molecule has 9 heteroatoms. The van der Waals surface area contributed by atoms with Gasteiger partial charge in [-0.15, -0.1) is 0 Å². The van der Waals surface area contributed by atoms with Crippen LogP contribution >= 0.6 is 0 Å². The van der Waals surface area contributed by atoms with Crippen LogP contribution in [0.3, 0.4) is 0 Å². The molecule has 1 rings (SSSR count). The van der Waals surface area contributed by atoms with Gasteiger partial charge in [-0.25, -0.2) is 9.59 Å². The number of piperidine rings is 1. The number of carboxylic acids is 2. The van der Waals surface area contributed by atoms with Crippen molar-refractivity contribution in [3.05, 3.63) is 0 Å². The number of hydrogen-bond acceptors (Lipinski definition) is 4. The predicted molar refractivity (Wildman–Crippen MR) is 66.0 cm³/mol. The van der Waals surface area contributed by atoms with Crippen LogP contribution in [-0.4, -0.2) is 64.7 Å². The Morgan fingerprint density at radius 1 is 1.40 bits per heavy atom. The number of rotatable bonds is 5. The van der Waals surface area contributed by atoms with Gasteiger partial charge in [-0.1, -0.05) is 0 Å². The zero-order valence-electron chi connectivity index (χ0n) is 11.0. The number of carbonyl (C=O) groups is 4. The van der Waals surface area contributed by atoms with E-state index in [1.54, 1.807) is 7.05 Å². The lowest BCUT2D eigenvalue weighted by atomic mass is 10.1. The topological polar surface area (TPSA) is 136 Å². The van der Waals surface area contributed by atoms with Gasteiger partial charge in [0, 0.05) is 26.1 Å². The number of carbonyl (C=O) groups excluding carboxylic acids is 2. The van der Waals surface area contributed by atoms with Crippen LogP contribution in [0.5, 0.6) is 0 Å². The van der Waals surface area contributed by atoms with Crippen LogP contribution in [0.2, 0.25) is 0 Å². The fourth-order valence-electron chi connectivity index (χ4n) is 1.89. The molecule has 1 heterocycles. The Balaban J connectivity index is 2.47. The van der Waals surface area contributed by atoms with E-state index < -0.39 is 30.4 Å². The Labute approximate surface area is 114 Å². The summed E-state index contributed by atoms with van der Waals surface area (Å²) in [5.74, 6) is -2.75. The number of nitrogens with one attached hydrogen (secondary N) is 2. The smallest absolute Gasteiger partial charge is 0.326 e. The molecular formula is C11H17N3O6. The number of likely N-dealkylation sites (N-methyl/N-ethyl adjacent to an activating group) is 1.